The molecule has 0 amide bonds. The highest BCUT2D eigenvalue weighted by molar-refractivity contribution is 6.00. The molecule has 1 aromatic rings. The molecule has 2 atom stereocenters. The van der Waals surface area contributed by atoms with Crippen LogP contribution in [0.3, 0.4) is 0 Å². The molecule has 0 unspecified atom stereocenters. The van der Waals surface area contributed by atoms with E-state index in [9.17, 15) is 13.2 Å². The molecule has 4 N–H and O–H groups in total. The first-order valence-electron chi connectivity index (χ1n) is 9.34. The third kappa shape index (κ3) is 4.78. The monoisotopic (exact) mass is 407 g/mol. The Labute approximate surface area is 167 Å². The Balaban J connectivity index is 1.75. The van der Waals surface area contributed by atoms with Crippen LogP contribution in [0, 0.1) is 22.7 Å². The van der Waals surface area contributed by atoms with E-state index in [1.165, 1.54) is 6.20 Å². The fourth-order valence-corrected chi connectivity index (χ4v) is 2.90. The molecule has 2 aliphatic rings. The van der Waals surface area contributed by atoms with Crippen LogP contribution in [0.4, 0.5) is 24.9 Å². The Hall–Kier alpha value is -2.83. The molecule has 29 heavy (non-hydrogen) atoms. The number of anilines is 2. The maximum absolute atomic E-state index is 13.3. The number of aromatic nitrogens is 2. The number of hydrogen-bond acceptors (Lipinski definition) is 7. The summed E-state index contributed by atoms with van der Waals surface area (Å²) < 4.78 is 39.9. The van der Waals surface area contributed by atoms with Gasteiger partial charge in [-0.05, 0) is 46.0 Å². The first-order valence-corrected chi connectivity index (χ1v) is 9.34. The minimum atomic E-state index is -4.56. The average molecular weight is 407 g/mol. The molecule has 0 aliphatic heterocycles. The second-order valence-corrected chi connectivity index (χ2v) is 8.20. The van der Waals surface area contributed by atoms with Crippen LogP contribution in [0.1, 0.15) is 45.6 Å². The Bertz CT molecular complexity index is 896. The maximum Gasteiger partial charge on any atom is 0.421 e. The van der Waals surface area contributed by atoms with E-state index in [2.05, 4.69) is 31.7 Å². The number of halogens is 3. The van der Waals surface area contributed by atoms with E-state index in [0.717, 1.165) is 25.5 Å². The second kappa shape index (κ2) is 7.21. The lowest BCUT2D eigenvalue weighted by Gasteiger charge is -2.18. The van der Waals surface area contributed by atoms with E-state index >= 15 is 0 Å². The molecular formula is C19H24F3N7. The van der Waals surface area contributed by atoms with Crippen molar-refractivity contribution in [2.75, 3.05) is 17.2 Å². The lowest BCUT2D eigenvalue weighted by atomic mass is 10.1. The van der Waals surface area contributed by atoms with Crippen LogP contribution in [-0.2, 0) is 6.18 Å². The summed E-state index contributed by atoms with van der Waals surface area (Å²) in [4.78, 5) is 12.3. The summed E-state index contributed by atoms with van der Waals surface area (Å²) in [5, 5.41) is 14.8. The van der Waals surface area contributed by atoms with Gasteiger partial charge in [-0.2, -0.15) is 23.4 Å². The zero-order valence-electron chi connectivity index (χ0n) is 16.6. The van der Waals surface area contributed by atoms with Gasteiger partial charge < -0.3 is 16.4 Å². The lowest BCUT2D eigenvalue weighted by molar-refractivity contribution is -0.137. The van der Waals surface area contributed by atoms with E-state index in [1.807, 2.05) is 13.8 Å². The largest absolute Gasteiger partial charge is 0.421 e. The minimum Gasteiger partial charge on any atom is -0.403 e. The Morgan fingerprint density at radius 1 is 1.45 bits per heavy atom. The summed E-state index contributed by atoms with van der Waals surface area (Å²) in [6, 6.07) is 2.28. The predicted octanol–water partition coefficient (Wildman–Crippen LogP) is 3.68. The molecule has 10 heteroatoms. The molecule has 0 aromatic carbocycles. The van der Waals surface area contributed by atoms with Crippen LogP contribution in [0.5, 0.6) is 0 Å². The second-order valence-electron chi connectivity index (χ2n) is 8.20. The number of nitrogens with zero attached hydrogens (tertiary/aromatic N) is 4. The van der Waals surface area contributed by atoms with Crippen molar-refractivity contribution in [3.8, 4) is 6.07 Å². The van der Waals surface area contributed by atoms with Crippen LogP contribution >= 0.6 is 0 Å². The quantitative estimate of drug-likeness (QED) is 0.595. The molecular weight excluding hydrogens is 383 g/mol. The number of hydrogen-bond donors (Lipinski definition) is 3. The van der Waals surface area contributed by atoms with E-state index in [-0.39, 0.29) is 28.6 Å². The van der Waals surface area contributed by atoms with Gasteiger partial charge >= 0.3 is 6.18 Å². The summed E-state index contributed by atoms with van der Waals surface area (Å²) in [7, 11) is 0. The van der Waals surface area contributed by atoms with Crippen LogP contribution in [0.25, 0.3) is 0 Å². The highest BCUT2D eigenvalue weighted by atomic mass is 19.4. The smallest absolute Gasteiger partial charge is 0.403 e. The molecule has 2 saturated carbocycles. The average Bonchev–Trinajstić information content (AvgIpc) is 3.54. The van der Waals surface area contributed by atoms with Crippen molar-refractivity contribution < 1.29 is 13.2 Å². The van der Waals surface area contributed by atoms with Crippen molar-refractivity contribution in [3.05, 3.63) is 23.7 Å². The summed E-state index contributed by atoms with van der Waals surface area (Å²) in [5.41, 5.74) is 4.99. The molecule has 7 nitrogen and oxygen atoms in total. The molecule has 0 bridgehead atoms. The summed E-state index contributed by atoms with van der Waals surface area (Å²) in [6.07, 6.45) is -0.184. The van der Waals surface area contributed by atoms with E-state index in [4.69, 9.17) is 11.0 Å². The van der Waals surface area contributed by atoms with Crippen molar-refractivity contribution in [1.29, 1.82) is 5.26 Å². The first-order chi connectivity index (χ1) is 13.5. The third-order valence-electron chi connectivity index (χ3n) is 5.53. The molecule has 0 spiro atoms. The standard InChI is InChI=1S/C19H24F3N7/c1-11(25-8-12-6-17(12,2)10-24)14(7-23)27-16-26-9-13(19(20,21)22)15(28-16)29-18(3)4-5-18/h7,9,12H,4-6,8,23H2,1-3H3,(H2,26,27,28,29)/b14-7+,25-11-/t12-,17+/m1/s1. The molecule has 3 rings (SSSR count). The SMILES string of the molecule is CC(=N/C[C@H]1C[C@@]1(C)C#N)/C(=C\N)Nc1ncc(C(F)(F)F)c(NC2(C)CC2)n1. The fourth-order valence-electron chi connectivity index (χ4n) is 2.90. The van der Waals surface area contributed by atoms with E-state index < -0.39 is 11.7 Å². The van der Waals surface area contributed by atoms with Gasteiger partial charge in [-0.1, -0.05) is 0 Å². The fraction of sp³-hybridized carbons (Fsp3) is 0.579. The van der Waals surface area contributed by atoms with Gasteiger partial charge in [0, 0.05) is 24.5 Å². The van der Waals surface area contributed by atoms with Crippen LogP contribution in [-0.4, -0.2) is 27.8 Å². The number of nitrogens with two attached hydrogens (primary N) is 1. The zero-order chi connectivity index (χ0) is 21.4. The predicted molar refractivity (Wildman–Crippen MR) is 104 cm³/mol. The molecule has 2 aliphatic carbocycles. The number of rotatable bonds is 7. The Morgan fingerprint density at radius 3 is 2.66 bits per heavy atom. The van der Waals surface area contributed by atoms with Crippen molar-refractivity contribution in [3.63, 3.8) is 0 Å². The van der Waals surface area contributed by atoms with Gasteiger partial charge in [0.05, 0.1) is 22.9 Å². The van der Waals surface area contributed by atoms with E-state index in [1.54, 1.807) is 6.92 Å². The molecule has 2 fully saturated rings. The molecule has 1 aromatic heterocycles. The number of allylic oxidation sites excluding steroid dienone is 1. The topological polar surface area (TPSA) is 112 Å². The van der Waals surface area contributed by atoms with Crippen molar-refractivity contribution >= 4 is 17.5 Å². The molecule has 156 valence electrons. The van der Waals surface area contributed by atoms with Gasteiger partial charge in [0.1, 0.15) is 11.4 Å². The minimum absolute atomic E-state index is 0.00992. The number of nitriles is 1. The van der Waals surface area contributed by atoms with Crippen LogP contribution < -0.4 is 16.4 Å². The highest BCUT2D eigenvalue weighted by Crippen LogP contribution is 2.51. The van der Waals surface area contributed by atoms with Gasteiger partial charge in [0.2, 0.25) is 5.95 Å². The lowest BCUT2D eigenvalue weighted by Crippen LogP contribution is -2.22. The van der Waals surface area contributed by atoms with Crippen LogP contribution in [0.2, 0.25) is 0 Å². The summed E-state index contributed by atoms with van der Waals surface area (Å²) in [5.74, 6) is -0.0769. The normalized spacial score (nSPS) is 25.9. The van der Waals surface area contributed by atoms with Crippen molar-refractivity contribution in [2.45, 2.75) is 51.7 Å². The first kappa shape index (κ1) is 20.9. The summed E-state index contributed by atoms with van der Waals surface area (Å²) >= 11 is 0. The number of aliphatic imine (C=N–C) groups is 1. The number of nitrogens with one attached hydrogen (secondary N) is 2. The van der Waals surface area contributed by atoms with Gasteiger partial charge in [-0.25, -0.2) is 4.98 Å². The number of alkyl halides is 3. The highest BCUT2D eigenvalue weighted by Gasteiger charge is 2.50. The molecule has 0 radical (unpaired) electrons. The Morgan fingerprint density at radius 2 is 2.14 bits per heavy atom. The Kier molecular flexibility index (Phi) is 5.19. The van der Waals surface area contributed by atoms with Crippen LogP contribution in [0.15, 0.2) is 23.1 Å². The van der Waals surface area contributed by atoms with Gasteiger partial charge in [0.25, 0.3) is 0 Å². The van der Waals surface area contributed by atoms with E-state index in [0.29, 0.717) is 18.0 Å². The maximum atomic E-state index is 13.3. The molecule has 1 heterocycles. The van der Waals surface area contributed by atoms with Gasteiger partial charge in [-0.3, -0.25) is 4.99 Å². The van der Waals surface area contributed by atoms with Crippen molar-refractivity contribution in [2.24, 2.45) is 22.1 Å². The van der Waals surface area contributed by atoms with Gasteiger partial charge in [0.15, 0.2) is 0 Å². The summed E-state index contributed by atoms with van der Waals surface area (Å²) in [6.45, 7) is 5.95. The van der Waals surface area contributed by atoms with Gasteiger partial charge in [-0.15, -0.1) is 0 Å². The molecule has 0 saturated heterocycles. The zero-order valence-corrected chi connectivity index (χ0v) is 16.6. The van der Waals surface area contributed by atoms with Crippen molar-refractivity contribution in [1.82, 2.24) is 9.97 Å². The third-order valence-corrected chi connectivity index (χ3v) is 5.53.